The van der Waals surface area contributed by atoms with Gasteiger partial charge in [0, 0.05) is 0 Å². The van der Waals surface area contributed by atoms with Crippen molar-refractivity contribution in [3.63, 3.8) is 0 Å². The van der Waals surface area contributed by atoms with E-state index in [0.717, 1.165) is 12.8 Å². The second-order valence-electron chi connectivity index (χ2n) is 2.62. The Hall–Kier alpha value is 1.92. The third-order valence-electron chi connectivity index (χ3n) is 0.831. The SMILES string of the molecule is CC(C)C[O-].CCCC[O-].[Na+].[Na+]. The van der Waals surface area contributed by atoms with Crippen molar-refractivity contribution in [2.45, 2.75) is 33.6 Å². The Kier molecular flexibility index (Phi) is 45.4. The fraction of sp³-hybridized carbons (Fsp3) is 1.00. The van der Waals surface area contributed by atoms with Crippen LogP contribution >= 0.6 is 0 Å². The maximum absolute atomic E-state index is 9.63. The Bertz CT molecular complexity index is 50.3. The Balaban J connectivity index is -0.0000000457. The standard InChI is InChI=1S/2C4H9O.2Na/c1-4(2)3-5;1-2-3-4-5;;/h4H,3H2,1-2H3;2-4H2,1H3;;/q2*-1;2*+1. The van der Waals surface area contributed by atoms with E-state index in [0.29, 0.717) is 5.92 Å². The summed E-state index contributed by atoms with van der Waals surface area (Å²) in [6.07, 6.45) is 1.86. The van der Waals surface area contributed by atoms with E-state index in [-0.39, 0.29) is 72.3 Å². The molecule has 0 spiro atoms. The van der Waals surface area contributed by atoms with Crippen molar-refractivity contribution in [3.05, 3.63) is 0 Å². The van der Waals surface area contributed by atoms with Crippen LogP contribution in [0.15, 0.2) is 0 Å². The van der Waals surface area contributed by atoms with Gasteiger partial charge in [-0.2, -0.15) is 0 Å². The first-order chi connectivity index (χ1) is 4.68. The van der Waals surface area contributed by atoms with Gasteiger partial charge in [0.25, 0.3) is 0 Å². The molecule has 0 saturated carbocycles. The van der Waals surface area contributed by atoms with Crippen molar-refractivity contribution in [3.8, 4) is 0 Å². The minimum Gasteiger partial charge on any atom is -0.854 e. The molecule has 0 radical (unpaired) electrons. The van der Waals surface area contributed by atoms with Crippen LogP contribution in [-0.4, -0.2) is 13.2 Å². The van der Waals surface area contributed by atoms with Gasteiger partial charge in [0.1, 0.15) is 0 Å². The van der Waals surface area contributed by atoms with Gasteiger partial charge >= 0.3 is 59.1 Å². The third-order valence-corrected chi connectivity index (χ3v) is 0.831. The Morgan fingerprint density at radius 3 is 1.42 bits per heavy atom. The van der Waals surface area contributed by atoms with Crippen LogP contribution in [0.5, 0.6) is 0 Å². The predicted molar refractivity (Wildman–Crippen MR) is 39.5 cm³/mol. The van der Waals surface area contributed by atoms with E-state index in [1.54, 1.807) is 0 Å². The fourth-order valence-electron chi connectivity index (χ4n) is 0.144. The van der Waals surface area contributed by atoms with E-state index in [4.69, 9.17) is 0 Å². The molecule has 0 rings (SSSR count). The summed E-state index contributed by atoms with van der Waals surface area (Å²) >= 11 is 0. The summed E-state index contributed by atoms with van der Waals surface area (Å²) in [5, 5.41) is 19.2. The van der Waals surface area contributed by atoms with Gasteiger partial charge in [-0.1, -0.05) is 39.5 Å². The zero-order chi connectivity index (χ0) is 8.41. The monoisotopic (exact) mass is 192 g/mol. The molecule has 0 aromatic rings. The predicted octanol–water partition coefficient (Wildman–Crippen LogP) is -5.84. The molecule has 4 heteroatoms. The van der Waals surface area contributed by atoms with Gasteiger partial charge in [0.15, 0.2) is 0 Å². The molecule has 0 bridgehead atoms. The Morgan fingerprint density at radius 1 is 1.08 bits per heavy atom. The smallest absolute Gasteiger partial charge is 0.854 e. The summed E-state index contributed by atoms with van der Waals surface area (Å²) < 4.78 is 0. The van der Waals surface area contributed by atoms with Crippen LogP contribution in [0.1, 0.15) is 33.6 Å². The van der Waals surface area contributed by atoms with Crippen LogP contribution < -0.4 is 69.3 Å². The first-order valence-electron chi connectivity index (χ1n) is 3.85. The average Bonchev–Trinajstić information content (AvgIpc) is 1.91. The summed E-state index contributed by atoms with van der Waals surface area (Å²) in [6.45, 7) is 5.98. The van der Waals surface area contributed by atoms with E-state index in [1.165, 1.54) is 0 Å². The van der Waals surface area contributed by atoms with Gasteiger partial charge in [0.05, 0.1) is 0 Å². The molecule has 0 heterocycles. The van der Waals surface area contributed by atoms with E-state index in [1.807, 2.05) is 20.8 Å². The van der Waals surface area contributed by atoms with E-state index >= 15 is 0 Å². The molecule has 0 fully saturated rings. The quantitative estimate of drug-likeness (QED) is 0.418. The van der Waals surface area contributed by atoms with E-state index in [2.05, 4.69) is 0 Å². The second-order valence-corrected chi connectivity index (χ2v) is 2.62. The molecule has 0 saturated heterocycles. The number of unbranched alkanes of at least 4 members (excludes halogenated alkanes) is 1. The molecule has 0 aliphatic rings. The topological polar surface area (TPSA) is 46.1 Å². The first-order valence-corrected chi connectivity index (χ1v) is 3.85. The minimum absolute atomic E-state index is 0. The Labute approximate surface area is 121 Å². The van der Waals surface area contributed by atoms with Gasteiger partial charge < -0.3 is 10.2 Å². The van der Waals surface area contributed by atoms with Crippen LogP contribution in [0, 0.1) is 5.92 Å². The molecule has 0 atom stereocenters. The molecule has 12 heavy (non-hydrogen) atoms. The van der Waals surface area contributed by atoms with Crippen LogP contribution in [0.2, 0.25) is 0 Å². The molecular formula is C8H18Na2O2. The summed E-state index contributed by atoms with van der Waals surface area (Å²) in [5.74, 6) is 0.329. The largest absolute Gasteiger partial charge is 1.00 e. The summed E-state index contributed by atoms with van der Waals surface area (Å²) in [6, 6.07) is 0. The molecular weight excluding hydrogens is 174 g/mol. The minimum atomic E-state index is 0. The fourth-order valence-corrected chi connectivity index (χ4v) is 0.144. The maximum Gasteiger partial charge on any atom is 1.00 e. The normalized spacial score (nSPS) is 7.50. The molecule has 0 aromatic heterocycles. The average molecular weight is 192 g/mol. The van der Waals surface area contributed by atoms with Gasteiger partial charge in [0.2, 0.25) is 0 Å². The summed E-state index contributed by atoms with van der Waals surface area (Å²) in [7, 11) is 0. The van der Waals surface area contributed by atoms with Crippen molar-refractivity contribution in [1.29, 1.82) is 0 Å². The van der Waals surface area contributed by atoms with E-state index in [9.17, 15) is 10.2 Å². The van der Waals surface area contributed by atoms with Crippen molar-refractivity contribution in [1.82, 2.24) is 0 Å². The number of rotatable bonds is 3. The van der Waals surface area contributed by atoms with Gasteiger partial charge in [-0.15, -0.1) is 13.2 Å². The summed E-state index contributed by atoms with van der Waals surface area (Å²) in [5.41, 5.74) is 0. The third kappa shape index (κ3) is 40.6. The van der Waals surface area contributed by atoms with Crippen LogP contribution in [0.4, 0.5) is 0 Å². The molecule has 0 aliphatic carbocycles. The molecule has 2 nitrogen and oxygen atoms in total. The van der Waals surface area contributed by atoms with Crippen LogP contribution in [0.25, 0.3) is 0 Å². The van der Waals surface area contributed by atoms with Crippen molar-refractivity contribution in [2.75, 3.05) is 13.2 Å². The van der Waals surface area contributed by atoms with Gasteiger partial charge in [-0.3, -0.25) is 0 Å². The van der Waals surface area contributed by atoms with Crippen LogP contribution in [0.3, 0.4) is 0 Å². The number of hydrogen-bond donors (Lipinski definition) is 0. The summed E-state index contributed by atoms with van der Waals surface area (Å²) in [4.78, 5) is 0. The number of hydrogen-bond acceptors (Lipinski definition) is 2. The van der Waals surface area contributed by atoms with Crippen molar-refractivity contribution < 1.29 is 69.3 Å². The zero-order valence-electron chi connectivity index (χ0n) is 9.22. The van der Waals surface area contributed by atoms with Gasteiger partial charge in [-0.25, -0.2) is 0 Å². The zero-order valence-corrected chi connectivity index (χ0v) is 13.2. The van der Waals surface area contributed by atoms with Crippen molar-refractivity contribution >= 4 is 0 Å². The Morgan fingerprint density at radius 2 is 1.42 bits per heavy atom. The molecule has 0 amide bonds. The van der Waals surface area contributed by atoms with Crippen molar-refractivity contribution in [2.24, 2.45) is 5.92 Å². The van der Waals surface area contributed by atoms with Gasteiger partial charge in [-0.05, 0) is 0 Å². The molecule has 0 unspecified atom stereocenters. The maximum atomic E-state index is 9.63. The molecule has 0 aromatic carbocycles. The first kappa shape index (κ1) is 23.6. The molecule has 0 aliphatic heterocycles. The van der Waals surface area contributed by atoms with Crippen LogP contribution in [-0.2, 0) is 0 Å². The molecule has 0 N–H and O–H groups in total. The second kappa shape index (κ2) is 23.1. The molecule has 64 valence electrons. The van der Waals surface area contributed by atoms with E-state index < -0.39 is 0 Å².